The molecule has 0 bridgehead atoms. The highest BCUT2D eigenvalue weighted by Crippen LogP contribution is 2.44. The van der Waals surface area contributed by atoms with Crippen LogP contribution in [0.4, 0.5) is 14.8 Å². The van der Waals surface area contributed by atoms with Crippen LogP contribution in [0.15, 0.2) is 28.7 Å². The van der Waals surface area contributed by atoms with Crippen LogP contribution >= 0.6 is 0 Å². The van der Waals surface area contributed by atoms with Gasteiger partial charge in [-0.25, -0.2) is 8.78 Å². The number of nitrogens with two attached hydrogens (primary N) is 1. The zero-order chi connectivity index (χ0) is 15.7. The zero-order valence-electron chi connectivity index (χ0n) is 11.3. The van der Waals surface area contributed by atoms with Gasteiger partial charge in [0.1, 0.15) is 5.75 Å². The molecule has 22 heavy (non-hydrogen) atoms. The van der Waals surface area contributed by atoms with Crippen LogP contribution in [0.25, 0.3) is 0 Å². The monoisotopic (exact) mass is 310 g/mol. The molecule has 1 aromatic carbocycles. The molecule has 9 heteroatoms. The maximum Gasteiger partial charge on any atom is 0.312 e. The lowest BCUT2D eigenvalue weighted by Crippen LogP contribution is -2.22. The predicted octanol–water partition coefficient (Wildman–Crippen LogP) is 1.37. The largest absolute Gasteiger partial charge is 0.484 e. The molecule has 2 aromatic rings. The maximum atomic E-state index is 12.7. The third-order valence-electron chi connectivity index (χ3n) is 3.05. The third kappa shape index (κ3) is 3.13. The fourth-order valence-corrected chi connectivity index (χ4v) is 1.76. The van der Waals surface area contributed by atoms with Crippen LogP contribution in [0.5, 0.6) is 5.75 Å². The van der Waals surface area contributed by atoms with Gasteiger partial charge in [-0.2, -0.15) is 0 Å². The number of halogens is 2. The van der Waals surface area contributed by atoms with Crippen molar-refractivity contribution in [1.82, 2.24) is 15.5 Å². The Kier molecular flexibility index (Phi) is 3.39. The number of carbonyl (C=O) groups excluding carboxylic acids is 1. The molecule has 0 radical (unpaired) electrons. The van der Waals surface area contributed by atoms with Gasteiger partial charge in [0.05, 0.1) is 13.0 Å². The molecular formula is C13H12F2N4O3. The van der Waals surface area contributed by atoms with Crippen molar-refractivity contribution in [2.45, 2.75) is 25.0 Å². The van der Waals surface area contributed by atoms with Crippen LogP contribution in [0.1, 0.15) is 22.7 Å². The molecule has 1 aliphatic rings. The van der Waals surface area contributed by atoms with Gasteiger partial charge in [-0.1, -0.05) is 5.10 Å². The van der Waals surface area contributed by atoms with Crippen LogP contribution in [0.3, 0.4) is 0 Å². The molecule has 1 aromatic heterocycles. The van der Waals surface area contributed by atoms with E-state index in [-0.39, 0.29) is 30.8 Å². The minimum Gasteiger partial charge on any atom is -0.484 e. The molecule has 0 spiro atoms. The van der Waals surface area contributed by atoms with E-state index in [2.05, 4.69) is 15.5 Å². The standard InChI is InChI=1S/C13H12F2N4O3/c14-13(15)5-9(13)21-8-3-1-7(2-4-8)11(20)17-6-10-18-19-12(16)22-10/h1-4,9H,5-6H2,(H2,16,19)(H,17,20). The summed E-state index contributed by atoms with van der Waals surface area (Å²) in [5, 5.41) is 9.62. The van der Waals surface area contributed by atoms with Gasteiger partial charge in [0.2, 0.25) is 5.89 Å². The summed E-state index contributed by atoms with van der Waals surface area (Å²) in [6.07, 6.45) is -1.35. The van der Waals surface area contributed by atoms with Crippen LogP contribution < -0.4 is 15.8 Å². The van der Waals surface area contributed by atoms with E-state index in [0.717, 1.165) is 0 Å². The molecule has 1 amide bonds. The Hall–Kier alpha value is -2.71. The number of nitrogen functional groups attached to an aromatic ring is 1. The van der Waals surface area contributed by atoms with Gasteiger partial charge < -0.3 is 20.2 Å². The summed E-state index contributed by atoms with van der Waals surface area (Å²) >= 11 is 0. The Balaban J connectivity index is 1.54. The van der Waals surface area contributed by atoms with Gasteiger partial charge in [-0.05, 0) is 24.3 Å². The number of carbonyl (C=O) groups is 1. The molecule has 116 valence electrons. The summed E-state index contributed by atoms with van der Waals surface area (Å²) in [5.74, 6) is -2.65. The average molecular weight is 310 g/mol. The highest BCUT2D eigenvalue weighted by atomic mass is 19.3. The number of nitrogens with one attached hydrogen (secondary N) is 1. The molecule has 0 aliphatic heterocycles. The lowest BCUT2D eigenvalue weighted by molar-refractivity contribution is 0.0665. The zero-order valence-corrected chi connectivity index (χ0v) is 11.3. The van der Waals surface area contributed by atoms with Crippen molar-refractivity contribution < 1.29 is 22.7 Å². The van der Waals surface area contributed by atoms with Gasteiger partial charge in [0.25, 0.3) is 11.8 Å². The molecule has 1 atom stereocenters. The molecule has 1 aliphatic carbocycles. The van der Waals surface area contributed by atoms with E-state index in [0.29, 0.717) is 11.3 Å². The molecule has 0 saturated heterocycles. The molecule has 1 saturated carbocycles. The lowest BCUT2D eigenvalue weighted by atomic mass is 10.2. The Bertz CT molecular complexity index is 687. The molecule has 3 N–H and O–H groups in total. The number of hydrogen-bond acceptors (Lipinski definition) is 6. The van der Waals surface area contributed by atoms with Crippen LogP contribution in [-0.4, -0.2) is 28.1 Å². The maximum absolute atomic E-state index is 12.7. The highest BCUT2D eigenvalue weighted by Gasteiger charge is 2.59. The summed E-state index contributed by atoms with van der Waals surface area (Å²) in [5.41, 5.74) is 5.61. The molecule has 1 fully saturated rings. The third-order valence-corrected chi connectivity index (χ3v) is 3.05. The molecule has 3 rings (SSSR count). The van der Waals surface area contributed by atoms with E-state index in [1.165, 1.54) is 24.3 Å². The SMILES string of the molecule is Nc1nnc(CNC(=O)c2ccc(OC3CC3(F)F)cc2)o1. The second kappa shape index (κ2) is 5.24. The van der Waals surface area contributed by atoms with Crippen molar-refractivity contribution in [3.63, 3.8) is 0 Å². The van der Waals surface area contributed by atoms with Crippen molar-refractivity contribution in [1.29, 1.82) is 0 Å². The van der Waals surface area contributed by atoms with Gasteiger partial charge >= 0.3 is 6.01 Å². The first-order chi connectivity index (χ1) is 10.4. The topological polar surface area (TPSA) is 103 Å². The van der Waals surface area contributed by atoms with Crippen LogP contribution in [0, 0.1) is 0 Å². The summed E-state index contributed by atoms with van der Waals surface area (Å²) in [6, 6.07) is 5.81. The molecular weight excluding hydrogens is 298 g/mol. The number of anilines is 1. The van der Waals surface area contributed by atoms with E-state index < -0.39 is 12.0 Å². The smallest absolute Gasteiger partial charge is 0.312 e. The lowest BCUT2D eigenvalue weighted by Gasteiger charge is -2.06. The van der Waals surface area contributed by atoms with Crippen molar-refractivity contribution >= 4 is 11.9 Å². The quantitative estimate of drug-likeness (QED) is 0.864. The van der Waals surface area contributed by atoms with E-state index in [9.17, 15) is 13.6 Å². The van der Waals surface area contributed by atoms with Crippen LogP contribution in [-0.2, 0) is 6.54 Å². The van der Waals surface area contributed by atoms with E-state index >= 15 is 0 Å². The molecule has 1 unspecified atom stereocenters. The Labute approximate surface area is 123 Å². The average Bonchev–Trinajstić information content (AvgIpc) is 2.88. The number of hydrogen-bond donors (Lipinski definition) is 2. The highest BCUT2D eigenvalue weighted by molar-refractivity contribution is 5.94. The van der Waals surface area contributed by atoms with Crippen molar-refractivity contribution in [3.05, 3.63) is 35.7 Å². The minimum atomic E-state index is -2.75. The molecule has 7 nitrogen and oxygen atoms in total. The van der Waals surface area contributed by atoms with Gasteiger partial charge in [-0.15, -0.1) is 5.10 Å². The fraction of sp³-hybridized carbons (Fsp3) is 0.308. The first-order valence-corrected chi connectivity index (χ1v) is 6.45. The van der Waals surface area contributed by atoms with Crippen molar-refractivity contribution in [2.75, 3.05) is 5.73 Å². The number of amides is 1. The van der Waals surface area contributed by atoms with E-state index in [1.54, 1.807) is 0 Å². The summed E-state index contributed by atoms with van der Waals surface area (Å²) in [7, 11) is 0. The number of benzene rings is 1. The van der Waals surface area contributed by atoms with Crippen molar-refractivity contribution in [2.24, 2.45) is 0 Å². The number of aromatic nitrogens is 2. The number of alkyl halides is 2. The number of ether oxygens (including phenoxy) is 1. The summed E-state index contributed by atoms with van der Waals surface area (Å²) in [6.45, 7) is 0.0373. The van der Waals surface area contributed by atoms with Crippen LogP contribution in [0.2, 0.25) is 0 Å². The minimum absolute atomic E-state index is 0.0373. The summed E-state index contributed by atoms with van der Waals surface area (Å²) < 4.78 is 35.5. The van der Waals surface area contributed by atoms with E-state index in [1.807, 2.05) is 0 Å². The first-order valence-electron chi connectivity index (χ1n) is 6.45. The van der Waals surface area contributed by atoms with Crippen molar-refractivity contribution in [3.8, 4) is 5.75 Å². The van der Waals surface area contributed by atoms with E-state index in [4.69, 9.17) is 14.9 Å². The second-order valence-corrected chi connectivity index (χ2v) is 4.81. The normalized spacial score (nSPS) is 18.7. The Morgan fingerprint density at radius 1 is 1.41 bits per heavy atom. The number of rotatable bonds is 5. The van der Waals surface area contributed by atoms with Gasteiger partial charge in [0.15, 0.2) is 6.10 Å². The van der Waals surface area contributed by atoms with Gasteiger partial charge in [-0.3, -0.25) is 4.79 Å². The molecule has 1 heterocycles. The fourth-order valence-electron chi connectivity index (χ4n) is 1.76. The number of nitrogens with zero attached hydrogens (tertiary/aromatic N) is 2. The Morgan fingerprint density at radius 3 is 2.64 bits per heavy atom. The Morgan fingerprint density at radius 2 is 2.09 bits per heavy atom. The van der Waals surface area contributed by atoms with Gasteiger partial charge in [0, 0.05) is 5.56 Å². The predicted molar refractivity (Wildman–Crippen MR) is 70.3 cm³/mol. The first kappa shape index (κ1) is 14.2. The second-order valence-electron chi connectivity index (χ2n) is 4.81. The summed E-state index contributed by atoms with van der Waals surface area (Å²) in [4.78, 5) is 11.9.